The van der Waals surface area contributed by atoms with Crippen LogP contribution in [0.5, 0.6) is 0 Å². The molecule has 0 saturated heterocycles. The highest BCUT2D eigenvalue weighted by Crippen LogP contribution is 2.23. The molecule has 0 spiro atoms. The third-order valence-electron chi connectivity index (χ3n) is 3.44. The Hall–Kier alpha value is -2.33. The third-order valence-corrected chi connectivity index (χ3v) is 3.44. The molecule has 1 N–H and O–H groups in total. The fourth-order valence-corrected chi connectivity index (χ4v) is 2.42. The molecule has 4 nitrogen and oxygen atoms in total. The molecule has 0 radical (unpaired) electrons. The van der Waals surface area contributed by atoms with Crippen LogP contribution in [0.2, 0.25) is 0 Å². The van der Waals surface area contributed by atoms with Gasteiger partial charge in [-0.2, -0.15) is 0 Å². The molecule has 3 aromatic rings. The van der Waals surface area contributed by atoms with Crippen LogP contribution in [0, 0.1) is 0 Å². The molecule has 0 amide bonds. The molecule has 4 heteroatoms. The Balaban J connectivity index is 2.01. The lowest BCUT2D eigenvalue weighted by Crippen LogP contribution is -2.24. The van der Waals surface area contributed by atoms with Crippen LogP contribution in [0.25, 0.3) is 10.9 Å². The number of pyridine rings is 1. The maximum absolute atomic E-state index is 4.45. The van der Waals surface area contributed by atoms with Crippen molar-refractivity contribution in [3.63, 3.8) is 0 Å². The lowest BCUT2D eigenvalue weighted by molar-refractivity contribution is 0.585. The van der Waals surface area contributed by atoms with Gasteiger partial charge < -0.3 is 5.32 Å². The Labute approximate surface area is 124 Å². The summed E-state index contributed by atoms with van der Waals surface area (Å²) in [6.07, 6.45) is 8.15. The van der Waals surface area contributed by atoms with E-state index in [2.05, 4.69) is 51.5 Å². The van der Waals surface area contributed by atoms with Crippen LogP contribution in [0.4, 0.5) is 0 Å². The van der Waals surface area contributed by atoms with E-state index in [1.54, 1.807) is 12.4 Å². The van der Waals surface area contributed by atoms with E-state index in [0.29, 0.717) is 0 Å². The van der Waals surface area contributed by atoms with Crippen molar-refractivity contribution in [1.29, 1.82) is 0 Å². The van der Waals surface area contributed by atoms with E-state index in [4.69, 9.17) is 0 Å². The highest BCUT2D eigenvalue weighted by Gasteiger charge is 2.15. The highest BCUT2D eigenvalue weighted by molar-refractivity contribution is 5.79. The summed E-state index contributed by atoms with van der Waals surface area (Å²) >= 11 is 0. The van der Waals surface area contributed by atoms with Gasteiger partial charge in [-0.1, -0.05) is 19.1 Å². The fraction of sp³-hybridized carbons (Fsp3) is 0.235. The smallest absolute Gasteiger partial charge is 0.0801 e. The quantitative estimate of drug-likeness (QED) is 0.779. The molecule has 0 aliphatic carbocycles. The molecular formula is C17H18N4. The molecule has 1 aromatic carbocycles. The molecule has 0 bridgehead atoms. The minimum Gasteiger partial charge on any atom is -0.305 e. The van der Waals surface area contributed by atoms with Gasteiger partial charge >= 0.3 is 0 Å². The first kappa shape index (κ1) is 13.6. The van der Waals surface area contributed by atoms with Crippen LogP contribution >= 0.6 is 0 Å². The number of fused-ring (bicyclic) bond motifs is 1. The van der Waals surface area contributed by atoms with Crippen LogP contribution in [0.15, 0.2) is 55.1 Å². The summed E-state index contributed by atoms with van der Waals surface area (Å²) in [5.41, 5.74) is 3.13. The fourth-order valence-electron chi connectivity index (χ4n) is 2.42. The average Bonchev–Trinajstić information content (AvgIpc) is 2.56. The molecule has 1 unspecified atom stereocenters. The van der Waals surface area contributed by atoms with Gasteiger partial charge in [-0.25, -0.2) is 0 Å². The Kier molecular flexibility index (Phi) is 4.17. The van der Waals surface area contributed by atoms with Crippen molar-refractivity contribution < 1.29 is 0 Å². The van der Waals surface area contributed by atoms with Crippen molar-refractivity contribution in [2.75, 3.05) is 6.54 Å². The van der Waals surface area contributed by atoms with E-state index >= 15 is 0 Å². The van der Waals surface area contributed by atoms with Gasteiger partial charge in [0.25, 0.3) is 0 Å². The summed E-state index contributed by atoms with van der Waals surface area (Å²) in [6.45, 7) is 3.09. The van der Waals surface area contributed by atoms with E-state index in [1.807, 2.05) is 18.5 Å². The second-order valence-electron chi connectivity index (χ2n) is 4.97. The van der Waals surface area contributed by atoms with Gasteiger partial charge in [-0.15, -0.1) is 0 Å². The Morgan fingerprint density at radius 3 is 2.86 bits per heavy atom. The van der Waals surface area contributed by atoms with Crippen LogP contribution in [0.1, 0.15) is 30.6 Å². The number of benzene rings is 1. The molecule has 0 aliphatic heterocycles. The van der Waals surface area contributed by atoms with E-state index in [9.17, 15) is 0 Å². The van der Waals surface area contributed by atoms with Crippen molar-refractivity contribution in [1.82, 2.24) is 20.3 Å². The zero-order chi connectivity index (χ0) is 14.5. The maximum Gasteiger partial charge on any atom is 0.0801 e. The second-order valence-corrected chi connectivity index (χ2v) is 4.97. The zero-order valence-corrected chi connectivity index (χ0v) is 12.0. The Morgan fingerprint density at radius 1 is 1.10 bits per heavy atom. The molecule has 0 aliphatic rings. The molecule has 1 atom stereocenters. The summed E-state index contributed by atoms with van der Waals surface area (Å²) in [7, 11) is 0. The van der Waals surface area contributed by atoms with Gasteiger partial charge in [0.1, 0.15) is 0 Å². The van der Waals surface area contributed by atoms with Gasteiger partial charge in [-0.05, 0) is 36.7 Å². The summed E-state index contributed by atoms with van der Waals surface area (Å²) in [5.74, 6) is 0. The van der Waals surface area contributed by atoms with Crippen LogP contribution in [-0.4, -0.2) is 21.5 Å². The number of hydrogen-bond acceptors (Lipinski definition) is 4. The number of nitrogens with one attached hydrogen (secondary N) is 1. The van der Waals surface area contributed by atoms with Crippen molar-refractivity contribution in [2.24, 2.45) is 0 Å². The zero-order valence-electron chi connectivity index (χ0n) is 12.0. The number of aromatic nitrogens is 3. The van der Waals surface area contributed by atoms with Crippen LogP contribution < -0.4 is 5.32 Å². The second kappa shape index (κ2) is 6.41. The molecule has 3 rings (SSSR count). The van der Waals surface area contributed by atoms with Gasteiger partial charge in [0.2, 0.25) is 0 Å². The molecule has 2 heterocycles. The van der Waals surface area contributed by atoms with E-state index in [1.165, 1.54) is 5.56 Å². The Bertz CT molecular complexity index is 712. The van der Waals surface area contributed by atoms with E-state index < -0.39 is 0 Å². The normalized spacial score (nSPS) is 12.4. The van der Waals surface area contributed by atoms with Crippen molar-refractivity contribution in [3.05, 3.63) is 66.4 Å². The van der Waals surface area contributed by atoms with Crippen LogP contribution in [-0.2, 0) is 0 Å². The lowest BCUT2D eigenvalue weighted by atomic mass is 10.0. The summed E-state index contributed by atoms with van der Waals surface area (Å²) in [6, 6.07) is 10.4. The van der Waals surface area contributed by atoms with Gasteiger partial charge in [-0.3, -0.25) is 15.0 Å². The van der Waals surface area contributed by atoms with Crippen molar-refractivity contribution in [2.45, 2.75) is 19.4 Å². The SMILES string of the molecule is CCCNC(c1ccc2ncccc2c1)c1cnccn1. The predicted molar refractivity (Wildman–Crippen MR) is 83.9 cm³/mol. The average molecular weight is 278 g/mol. The van der Waals surface area contributed by atoms with Crippen LogP contribution in [0.3, 0.4) is 0 Å². The number of nitrogens with zero attached hydrogens (tertiary/aromatic N) is 3. The predicted octanol–water partition coefficient (Wildman–Crippen LogP) is 3.11. The first-order valence-electron chi connectivity index (χ1n) is 7.22. The maximum atomic E-state index is 4.45. The van der Waals surface area contributed by atoms with Gasteiger partial charge in [0, 0.05) is 24.0 Å². The standard InChI is InChI=1S/C17H18N4/c1-2-7-21-17(16-12-18-9-10-20-16)14-5-6-15-13(11-14)4-3-8-19-15/h3-6,8-12,17,21H,2,7H2,1H3. The third kappa shape index (κ3) is 3.06. The largest absolute Gasteiger partial charge is 0.305 e. The molecule has 2 aromatic heterocycles. The Morgan fingerprint density at radius 2 is 2.05 bits per heavy atom. The summed E-state index contributed by atoms with van der Waals surface area (Å²) < 4.78 is 0. The monoisotopic (exact) mass is 278 g/mol. The number of rotatable bonds is 5. The summed E-state index contributed by atoms with van der Waals surface area (Å²) in [4.78, 5) is 13.0. The summed E-state index contributed by atoms with van der Waals surface area (Å²) in [5, 5.41) is 4.68. The van der Waals surface area contributed by atoms with E-state index in [-0.39, 0.29) is 6.04 Å². The van der Waals surface area contributed by atoms with Gasteiger partial charge in [0.15, 0.2) is 0 Å². The molecular weight excluding hydrogens is 260 g/mol. The van der Waals surface area contributed by atoms with Gasteiger partial charge in [0.05, 0.1) is 23.4 Å². The highest BCUT2D eigenvalue weighted by atomic mass is 14.9. The van der Waals surface area contributed by atoms with Crippen molar-refractivity contribution in [3.8, 4) is 0 Å². The van der Waals surface area contributed by atoms with E-state index in [0.717, 1.165) is 29.6 Å². The topological polar surface area (TPSA) is 50.7 Å². The first-order valence-corrected chi connectivity index (χ1v) is 7.22. The minimum absolute atomic E-state index is 0.0586. The molecule has 0 fully saturated rings. The van der Waals surface area contributed by atoms with Crippen molar-refractivity contribution >= 4 is 10.9 Å². The minimum atomic E-state index is 0.0586. The molecule has 0 saturated carbocycles. The first-order chi connectivity index (χ1) is 10.4. The molecule has 106 valence electrons. The molecule has 21 heavy (non-hydrogen) atoms. The number of hydrogen-bond donors (Lipinski definition) is 1. The lowest BCUT2D eigenvalue weighted by Gasteiger charge is -2.18.